The van der Waals surface area contributed by atoms with Crippen LogP contribution < -0.4 is 4.90 Å². The second-order valence-electron chi connectivity index (χ2n) is 5.58. The number of rotatable bonds is 3. The van der Waals surface area contributed by atoms with Gasteiger partial charge in [0.25, 0.3) is 5.91 Å². The lowest BCUT2D eigenvalue weighted by Crippen LogP contribution is -3.13. The highest BCUT2D eigenvalue weighted by atomic mass is 35.5. The lowest BCUT2D eigenvalue weighted by atomic mass is 10.2. The maximum absolute atomic E-state index is 12.4. The van der Waals surface area contributed by atoms with Gasteiger partial charge in [-0.1, -0.05) is 23.7 Å². The molecule has 1 aliphatic heterocycles. The fourth-order valence-corrected chi connectivity index (χ4v) is 3.03. The zero-order chi connectivity index (χ0) is 15.4. The highest BCUT2D eigenvalue weighted by molar-refractivity contribution is 6.30. The molecule has 1 N–H and O–H groups in total. The van der Waals surface area contributed by atoms with Crippen LogP contribution in [0.2, 0.25) is 5.02 Å². The molecule has 22 heavy (non-hydrogen) atoms. The van der Waals surface area contributed by atoms with E-state index in [2.05, 4.69) is 11.1 Å². The zero-order valence-electron chi connectivity index (χ0n) is 12.3. The minimum Gasteiger partial charge on any atom is -0.328 e. The standard InChI is InChI=1S/C17H18ClN3O/c18-16-3-1-2-14(12-16)13-20-8-10-21(11-9-20)17(22)15-4-6-19-7-5-15/h1-7,12H,8-11,13H2/p+1. The van der Waals surface area contributed by atoms with Crippen molar-refractivity contribution >= 4 is 17.5 Å². The molecule has 1 fully saturated rings. The molecule has 0 bridgehead atoms. The summed E-state index contributed by atoms with van der Waals surface area (Å²) < 4.78 is 0. The van der Waals surface area contributed by atoms with Gasteiger partial charge in [0.05, 0.1) is 26.2 Å². The first-order valence-corrected chi connectivity index (χ1v) is 7.87. The molecular formula is C17H19ClN3O+. The summed E-state index contributed by atoms with van der Waals surface area (Å²) in [7, 11) is 0. The molecule has 0 radical (unpaired) electrons. The first-order valence-electron chi connectivity index (χ1n) is 7.50. The van der Waals surface area contributed by atoms with E-state index in [1.165, 1.54) is 10.5 Å². The summed E-state index contributed by atoms with van der Waals surface area (Å²) in [5.74, 6) is 0.101. The average Bonchev–Trinajstić information content (AvgIpc) is 2.56. The van der Waals surface area contributed by atoms with Crippen molar-refractivity contribution in [1.82, 2.24) is 9.88 Å². The third-order valence-corrected chi connectivity index (χ3v) is 4.26. The molecule has 2 heterocycles. The monoisotopic (exact) mass is 316 g/mol. The van der Waals surface area contributed by atoms with Crippen molar-refractivity contribution in [3.05, 3.63) is 64.9 Å². The second kappa shape index (κ2) is 6.90. The largest absolute Gasteiger partial charge is 0.328 e. The molecule has 4 nitrogen and oxygen atoms in total. The summed E-state index contributed by atoms with van der Waals surface area (Å²) >= 11 is 6.03. The van der Waals surface area contributed by atoms with Gasteiger partial charge in [-0.25, -0.2) is 0 Å². The first-order chi connectivity index (χ1) is 10.7. The highest BCUT2D eigenvalue weighted by Crippen LogP contribution is 2.10. The minimum atomic E-state index is 0.101. The Hall–Kier alpha value is -1.91. The minimum absolute atomic E-state index is 0.101. The summed E-state index contributed by atoms with van der Waals surface area (Å²) in [5, 5.41) is 0.781. The number of piperazine rings is 1. The van der Waals surface area contributed by atoms with Gasteiger partial charge < -0.3 is 9.80 Å². The van der Waals surface area contributed by atoms with Crippen molar-refractivity contribution in [1.29, 1.82) is 0 Å². The van der Waals surface area contributed by atoms with Crippen molar-refractivity contribution < 1.29 is 9.69 Å². The van der Waals surface area contributed by atoms with Crippen LogP contribution in [0.25, 0.3) is 0 Å². The number of carbonyl (C=O) groups is 1. The third kappa shape index (κ3) is 3.64. The lowest BCUT2D eigenvalue weighted by Gasteiger charge is -2.32. The molecule has 1 amide bonds. The van der Waals surface area contributed by atoms with Gasteiger partial charge in [-0.2, -0.15) is 0 Å². The average molecular weight is 317 g/mol. The summed E-state index contributed by atoms with van der Waals surface area (Å²) in [6, 6.07) is 11.5. The Morgan fingerprint density at radius 3 is 2.59 bits per heavy atom. The molecule has 2 aromatic rings. The van der Waals surface area contributed by atoms with E-state index in [0.717, 1.165) is 37.7 Å². The highest BCUT2D eigenvalue weighted by Gasteiger charge is 2.24. The molecule has 0 unspecified atom stereocenters. The van der Waals surface area contributed by atoms with E-state index in [1.54, 1.807) is 24.5 Å². The summed E-state index contributed by atoms with van der Waals surface area (Å²) in [4.78, 5) is 19.7. The Kier molecular flexibility index (Phi) is 4.71. The van der Waals surface area contributed by atoms with Gasteiger partial charge in [0.2, 0.25) is 0 Å². The number of nitrogens with zero attached hydrogens (tertiary/aromatic N) is 2. The number of aromatic nitrogens is 1. The number of hydrogen-bond acceptors (Lipinski definition) is 2. The fraction of sp³-hybridized carbons (Fsp3) is 0.294. The summed E-state index contributed by atoms with van der Waals surface area (Å²) in [5.41, 5.74) is 1.96. The first kappa shape index (κ1) is 15.0. The number of nitrogens with one attached hydrogen (secondary N) is 1. The Bertz CT molecular complexity index is 639. The normalized spacial score (nSPS) is 15.8. The smallest absolute Gasteiger partial charge is 0.254 e. The second-order valence-corrected chi connectivity index (χ2v) is 6.02. The predicted octanol–water partition coefficient (Wildman–Crippen LogP) is 1.28. The van der Waals surface area contributed by atoms with Crippen molar-refractivity contribution in [3.63, 3.8) is 0 Å². The van der Waals surface area contributed by atoms with Crippen LogP contribution in [0.3, 0.4) is 0 Å². The van der Waals surface area contributed by atoms with Gasteiger partial charge in [0.1, 0.15) is 6.54 Å². The molecular weight excluding hydrogens is 298 g/mol. The maximum Gasteiger partial charge on any atom is 0.254 e. The number of pyridine rings is 1. The van der Waals surface area contributed by atoms with Crippen molar-refractivity contribution in [2.75, 3.05) is 26.2 Å². The van der Waals surface area contributed by atoms with E-state index in [9.17, 15) is 4.79 Å². The van der Waals surface area contributed by atoms with Crippen LogP contribution in [0.1, 0.15) is 15.9 Å². The Labute approximate surface area is 135 Å². The Balaban J connectivity index is 1.55. The third-order valence-electron chi connectivity index (χ3n) is 4.03. The molecule has 1 aliphatic rings. The molecule has 114 valence electrons. The van der Waals surface area contributed by atoms with Gasteiger partial charge in [-0.15, -0.1) is 0 Å². The van der Waals surface area contributed by atoms with Crippen LogP contribution >= 0.6 is 11.6 Å². The number of quaternary nitrogens is 1. The van der Waals surface area contributed by atoms with Crippen LogP contribution in [0.5, 0.6) is 0 Å². The van der Waals surface area contributed by atoms with Gasteiger partial charge in [-0.3, -0.25) is 9.78 Å². The number of halogens is 1. The van der Waals surface area contributed by atoms with Crippen LogP contribution in [-0.2, 0) is 6.54 Å². The van der Waals surface area contributed by atoms with E-state index >= 15 is 0 Å². The van der Waals surface area contributed by atoms with Crippen LogP contribution in [-0.4, -0.2) is 42.0 Å². The number of carbonyl (C=O) groups excluding carboxylic acids is 1. The van der Waals surface area contributed by atoms with Gasteiger partial charge in [0.15, 0.2) is 0 Å². The zero-order valence-corrected chi connectivity index (χ0v) is 13.1. The van der Waals surface area contributed by atoms with E-state index in [4.69, 9.17) is 11.6 Å². The molecule has 0 aliphatic carbocycles. The molecule has 1 saturated heterocycles. The number of hydrogen-bond donors (Lipinski definition) is 1. The lowest BCUT2D eigenvalue weighted by molar-refractivity contribution is -0.917. The van der Waals surface area contributed by atoms with Gasteiger partial charge >= 0.3 is 0 Å². The van der Waals surface area contributed by atoms with E-state index in [0.29, 0.717) is 5.56 Å². The van der Waals surface area contributed by atoms with Crippen LogP contribution in [0.4, 0.5) is 0 Å². The summed E-state index contributed by atoms with van der Waals surface area (Å²) in [6.07, 6.45) is 3.32. The molecule has 5 heteroatoms. The van der Waals surface area contributed by atoms with Gasteiger partial charge in [0, 0.05) is 28.5 Å². The van der Waals surface area contributed by atoms with E-state index in [1.807, 2.05) is 23.1 Å². The molecule has 0 spiro atoms. The Morgan fingerprint density at radius 2 is 1.91 bits per heavy atom. The molecule has 0 saturated carbocycles. The molecule has 1 aromatic heterocycles. The quantitative estimate of drug-likeness (QED) is 0.926. The van der Waals surface area contributed by atoms with Crippen LogP contribution in [0.15, 0.2) is 48.8 Å². The number of benzene rings is 1. The molecule has 3 rings (SSSR count). The summed E-state index contributed by atoms with van der Waals surface area (Å²) in [6.45, 7) is 4.46. The van der Waals surface area contributed by atoms with E-state index in [-0.39, 0.29) is 5.91 Å². The van der Waals surface area contributed by atoms with Crippen molar-refractivity contribution in [2.24, 2.45) is 0 Å². The Morgan fingerprint density at radius 1 is 1.18 bits per heavy atom. The van der Waals surface area contributed by atoms with E-state index < -0.39 is 0 Å². The number of amides is 1. The predicted molar refractivity (Wildman–Crippen MR) is 86.0 cm³/mol. The topological polar surface area (TPSA) is 37.6 Å². The maximum atomic E-state index is 12.4. The van der Waals surface area contributed by atoms with Crippen molar-refractivity contribution in [2.45, 2.75) is 6.54 Å². The SMILES string of the molecule is O=C(c1ccncc1)N1CC[NH+](Cc2cccc(Cl)c2)CC1. The van der Waals surface area contributed by atoms with Crippen molar-refractivity contribution in [3.8, 4) is 0 Å². The fourth-order valence-electron chi connectivity index (χ4n) is 2.82. The van der Waals surface area contributed by atoms with Crippen LogP contribution in [0, 0.1) is 0 Å². The molecule has 0 atom stereocenters. The molecule has 1 aromatic carbocycles. The van der Waals surface area contributed by atoms with Gasteiger partial charge in [-0.05, 0) is 24.3 Å².